The van der Waals surface area contributed by atoms with Crippen LogP contribution in [-0.4, -0.2) is 56.9 Å². The third-order valence-electron chi connectivity index (χ3n) is 7.67. The van der Waals surface area contributed by atoms with E-state index in [-0.39, 0.29) is 18.0 Å². The summed E-state index contributed by atoms with van der Waals surface area (Å²) in [5, 5.41) is 3.22. The SMILES string of the molecule is O=C([C@@H]1Cc2nc[nH]c2CN1C(=O)NC1CCCCC1)N1CCC(Cc2ccccc2)CC1. The van der Waals surface area contributed by atoms with E-state index in [1.807, 2.05) is 4.90 Å². The van der Waals surface area contributed by atoms with Crippen LogP contribution < -0.4 is 5.32 Å². The number of hydrogen-bond acceptors (Lipinski definition) is 3. The average molecular weight is 450 g/mol. The van der Waals surface area contributed by atoms with Gasteiger partial charge in [0.05, 0.1) is 24.3 Å². The highest BCUT2D eigenvalue weighted by molar-refractivity contribution is 5.88. The second kappa shape index (κ2) is 9.98. The lowest BCUT2D eigenvalue weighted by Crippen LogP contribution is -2.58. The zero-order valence-electron chi connectivity index (χ0n) is 19.3. The predicted molar refractivity (Wildman–Crippen MR) is 126 cm³/mol. The summed E-state index contributed by atoms with van der Waals surface area (Å²) in [6.45, 7) is 1.94. The number of nitrogens with zero attached hydrogens (tertiary/aromatic N) is 3. The largest absolute Gasteiger partial charge is 0.347 e. The van der Waals surface area contributed by atoms with Crippen LogP contribution in [0.3, 0.4) is 0 Å². The first-order valence-corrected chi connectivity index (χ1v) is 12.6. The highest BCUT2D eigenvalue weighted by Crippen LogP contribution is 2.27. The molecule has 0 radical (unpaired) electrons. The van der Waals surface area contributed by atoms with E-state index >= 15 is 0 Å². The van der Waals surface area contributed by atoms with Crippen LogP contribution in [0.2, 0.25) is 0 Å². The van der Waals surface area contributed by atoms with Gasteiger partial charge >= 0.3 is 6.03 Å². The van der Waals surface area contributed by atoms with Gasteiger partial charge in [-0.2, -0.15) is 0 Å². The standard InChI is InChI=1S/C26H35N5O2/c32-25(30-13-11-20(12-14-30)15-19-7-3-1-4-8-19)24-16-22-23(28-18-27-22)17-31(24)26(33)29-21-9-5-2-6-10-21/h1,3-4,7-8,18,20-21,24H,2,5-6,9-17H2,(H,27,28)(H,29,33)/t24-/m0/s1. The van der Waals surface area contributed by atoms with Crippen molar-refractivity contribution in [3.63, 3.8) is 0 Å². The quantitative estimate of drug-likeness (QED) is 0.747. The summed E-state index contributed by atoms with van der Waals surface area (Å²) < 4.78 is 0. The molecule has 7 heteroatoms. The fourth-order valence-corrected chi connectivity index (χ4v) is 5.69. The summed E-state index contributed by atoms with van der Waals surface area (Å²) in [4.78, 5) is 38.2. The van der Waals surface area contributed by atoms with E-state index < -0.39 is 6.04 Å². The number of aromatic amines is 1. The van der Waals surface area contributed by atoms with Gasteiger partial charge in [-0.1, -0.05) is 49.6 Å². The molecular formula is C26H35N5O2. The summed E-state index contributed by atoms with van der Waals surface area (Å²) >= 11 is 0. The molecule has 0 spiro atoms. The molecule has 176 valence electrons. The Morgan fingerprint density at radius 2 is 1.79 bits per heavy atom. The number of carbonyl (C=O) groups excluding carboxylic acids is 2. The molecule has 1 saturated carbocycles. The van der Waals surface area contributed by atoms with Crippen molar-refractivity contribution in [1.82, 2.24) is 25.1 Å². The van der Waals surface area contributed by atoms with Crippen molar-refractivity contribution in [2.24, 2.45) is 5.92 Å². The highest BCUT2D eigenvalue weighted by atomic mass is 16.2. The van der Waals surface area contributed by atoms with E-state index in [9.17, 15) is 9.59 Å². The van der Waals surface area contributed by atoms with Crippen LogP contribution in [0.5, 0.6) is 0 Å². The first-order valence-electron chi connectivity index (χ1n) is 12.6. The molecule has 3 amide bonds. The fourth-order valence-electron chi connectivity index (χ4n) is 5.69. The average Bonchev–Trinajstić information content (AvgIpc) is 3.32. The van der Waals surface area contributed by atoms with E-state index in [0.717, 1.165) is 69.4 Å². The van der Waals surface area contributed by atoms with Crippen molar-refractivity contribution in [3.8, 4) is 0 Å². The molecule has 1 saturated heterocycles. The monoisotopic (exact) mass is 449 g/mol. The number of piperidine rings is 1. The summed E-state index contributed by atoms with van der Waals surface area (Å²) in [5.41, 5.74) is 3.22. The smallest absolute Gasteiger partial charge is 0.318 e. The summed E-state index contributed by atoms with van der Waals surface area (Å²) in [6, 6.07) is 10.2. The van der Waals surface area contributed by atoms with Crippen molar-refractivity contribution < 1.29 is 9.59 Å². The molecule has 0 bridgehead atoms. The molecule has 7 nitrogen and oxygen atoms in total. The highest BCUT2D eigenvalue weighted by Gasteiger charge is 2.39. The Morgan fingerprint density at radius 1 is 1.03 bits per heavy atom. The number of urea groups is 1. The minimum Gasteiger partial charge on any atom is -0.347 e. The van der Waals surface area contributed by atoms with Crippen molar-refractivity contribution in [3.05, 3.63) is 53.6 Å². The third-order valence-corrected chi connectivity index (χ3v) is 7.67. The lowest BCUT2D eigenvalue weighted by atomic mass is 9.89. The lowest BCUT2D eigenvalue weighted by Gasteiger charge is -2.40. The van der Waals surface area contributed by atoms with Gasteiger partial charge in [0, 0.05) is 25.6 Å². The first kappa shape index (κ1) is 22.0. The van der Waals surface area contributed by atoms with Gasteiger partial charge in [-0.05, 0) is 43.6 Å². The van der Waals surface area contributed by atoms with Gasteiger partial charge in [0.1, 0.15) is 6.04 Å². The van der Waals surface area contributed by atoms with Gasteiger partial charge in [0.15, 0.2) is 0 Å². The maximum atomic E-state index is 13.6. The van der Waals surface area contributed by atoms with Gasteiger partial charge in [0.2, 0.25) is 5.91 Å². The number of likely N-dealkylation sites (tertiary alicyclic amines) is 1. The number of benzene rings is 1. The molecule has 33 heavy (non-hydrogen) atoms. The van der Waals surface area contributed by atoms with Crippen LogP contribution in [0.25, 0.3) is 0 Å². The number of H-pyrrole nitrogens is 1. The third kappa shape index (κ3) is 5.07. The van der Waals surface area contributed by atoms with Crippen LogP contribution in [0.1, 0.15) is 61.9 Å². The molecular weight excluding hydrogens is 414 g/mol. The summed E-state index contributed by atoms with van der Waals surface area (Å²) in [6.07, 6.45) is 10.9. The second-order valence-corrected chi connectivity index (χ2v) is 9.92. The molecule has 2 fully saturated rings. The molecule has 1 atom stereocenters. The summed E-state index contributed by atoms with van der Waals surface area (Å²) in [7, 11) is 0. The van der Waals surface area contributed by atoms with Gasteiger partial charge in [-0.3, -0.25) is 4.79 Å². The Kier molecular flexibility index (Phi) is 6.65. The van der Waals surface area contributed by atoms with Crippen molar-refractivity contribution in [2.45, 2.75) is 76.4 Å². The summed E-state index contributed by atoms with van der Waals surface area (Å²) in [5.74, 6) is 0.673. The number of amides is 3. The number of imidazole rings is 1. The molecule has 2 aliphatic heterocycles. The van der Waals surface area contributed by atoms with Gasteiger partial charge in [-0.15, -0.1) is 0 Å². The topological polar surface area (TPSA) is 81.3 Å². The van der Waals surface area contributed by atoms with Crippen LogP contribution in [-0.2, 0) is 24.2 Å². The van der Waals surface area contributed by atoms with Gasteiger partial charge < -0.3 is 20.1 Å². The molecule has 0 unspecified atom stereocenters. The van der Waals surface area contributed by atoms with E-state index in [1.165, 1.54) is 12.0 Å². The zero-order chi connectivity index (χ0) is 22.6. The van der Waals surface area contributed by atoms with Crippen LogP contribution in [0, 0.1) is 5.92 Å². The number of aromatic nitrogens is 2. The van der Waals surface area contributed by atoms with Crippen LogP contribution in [0.4, 0.5) is 4.79 Å². The van der Waals surface area contributed by atoms with Crippen molar-refractivity contribution in [1.29, 1.82) is 0 Å². The number of carbonyl (C=O) groups is 2. The normalized spacial score (nSPS) is 22.1. The van der Waals surface area contributed by atoms with E-state index in [0.29, 0.717) is 18.9 Å². The fraction of sp³-hybridized carbons (Fsp3) is 0.577. The molecule has 1 aromatic carbocycles. The van der Waals surface area contributed by atoms with Gasteiger partial charge in [0.25, 0.3) is 0 Å². The Bertz CT molecular complexity index is 945. The maximum Gasteiger partial charge on any atom is 0.318 e. The number of rotatable bonds is 4. The Morgan fingerprint density at radius 3 is 2.55 bits per heavy atom. The molecule has 1 aromatic heterocycles. The number of fused-ring (bicyclic) bond motifs is 1. The van der Waals surface area contributed by atoms with Crippen LogP contribution >= 0.6 is 0 Å². The Balaban J connectivity index is 1.23. The molecule has 2 N–H and O–H groups in total. The second-order valence-electron chi connectivity index (χ2n) is 9.92. The van der Waals surface area contributed by atoms with Crippen molar-refractivity contribution >= 4 is 11.9 Å². The molecule has 3 aliphatic rings. The van der Waals surface area contributed by atoms with E-state index in [4.69, 9.17) is 0 Å². The molecule has 2 aromatic rings. The molecule has 5 rings (SSSR count). The predicted octanol–water partition coefficient (Wildman–Crippen LogP) is 3.66. The molecule has 1 aliphatic carbocycles. The Labute approximate surface area is 195 Å². The van der Waals surface area contributed by atoms with Gasteiger partial charge in [-0.25, -0.2) is 9.78 Å². The van der Waals surface area contributed by atoms with Crippen LogP contribution in [0.15, 0.2) is 36.7 Å². The Hall–Kier alpha value is -2.83. The first-order chi connectivity index (χ1) is 16.2. The van der Waals surface area contributed by atoms with E-state index in [2.05, 4.69) is 45.6 Å². The maximum absolute atomic E-state index is 13.6. The molecule has 3 heterocycles. The van der Waals surface area contributed by atoms with E-state index in [1.54, 1.807) is 11.2 Å². The number of nitrogens with one attached hydrogen (secondary N) is 2. The number of hydrogen-bond donors (Lipinski definition) is 2. The minimum absolute atomic E-state index is 0.0700. The zero-order valence-corrected chi connectivity index (χ0v) is 19.3. The van der Waals surface area contributed by atoms with Crippen molar-refractivity contribution in [2.75, 3.05) is 13.1 Å². The lowest BCUT2D eigenvalue weighted by molar-refractivity contribution is -0.138. The minimum atomic E-state index is -0.477.